The summed E-state index contributed by atoms with van der Waals surface area (Å²) < 4.78 is 0. The molecule has 0 bridgehead atoms. The molecule has 3 rings (SSSR count). The van der Waals surface area contributed by atoms with Crippen molar-refractivity contribution in [3.8, 4) is 0 Å². The monoisotopic (exact) mass is 246 g/mol. The van der Waals surface area contributed by atoms with Crippen LogP contribution in [0.5, 0.6) is 0 Å². The van der Waals surface area contributed by atoms with E-state index in [0.717, 1.165) is 11.3 Å². The summed E-state index contributed by atoms with van der Waals surface area (Å²) in [4.78, 5) is 0. The lowest BCUT2D eigenvalue weighted by Crippen LogP contribution is -1.90. The maximum absolute atomic E-state index is 4.24. The van der Waals surface area contributed by atoms with Crippen LogP contribution in [0.4, 0.5) is 5.69 Å². The van der Waals surface area contributed by atoms with Crippen molar-refractivity contribution < 1.29 is 0 Å². The third kappa shape index (κ3) is 2.80. The molecule has 0 aliphatic rings. The van der Waals surface area contributed by atoms with E-state index in [4.69, 9.17) is 0 Å². The Bertz CT molecular complexity index is 703. The van der Waals surface area contributed by atoms with E-state index in [2.05, 4.69) is 40.9 Å². The first-order valence-electron chi connectivity index (χ1n) is 6.25. The summed E-state index contributed by atoms with van der Waals surface area (Å²) in [5, 5.41) is 6.72. The molecule has 2 nitrogen and oxygen atoms in total. The van der Waals surface area contributed by atoms with Crippen molar-refractivity contribution in [1.29, 1.82) is 0 Å². The summed E-state index contributed by atoms with van der Waals surface area (Å²) in [5.74, 6) is 0. The number of benzene rings is 3. The van der Waals surface area contributed by atoms with Crippen molar-refractivity contribution in [3.05, 3.63) is 78.4 Å². The van der Waals surface area contributed by atoms with E-state index in [-0.39, 0.29) is 0 Å². The van der Waals surface area contributed by atoms with Gasteiger partial charge in [-0.05, 0) is 34.5 Å². The largest absolute Gasteiger partial charge is 0.279 e. The van der Waals surface area contributed by atoms with Crippen LogP contribution >= 0.6 is 0 Å². The molecule has 0 unspecified atom stereocenters. The number of hydrogen-bond acceptors (Lipinski definition) is 2. The fourth-order valence-electron chi connectivity index (χ4n) is 1.98. The van der Waals surface area contributed by atoms with E-state index < -0.39 is 0 Å². The molecule has 0 aliphatic carbocycles. The van der Waals surface area contributed by atoms with Gasteiger partial charge in [-0.2, -0.15) is 5.10 Å². The molecular formula is C17H14N2. The molecule has 0 spiro atoms. The fourth-order valence-corrected chi connectivity index (χ4v) is 1.98. The van der Waals surface area contributed by atoms with Crippen LogP contribution in [0.15, 0.2) is 77.9 Å². The van der Waals surface area contributed by atoms with Gasteiger partial charge in [0.1, 0.15) is 0 Å². The van der Waals surface area contributed by atoms with Gasteiger partial charge in [0.15, 0.2) is 0 Å². The van der Waals surface area contributed by atoms with Crippen molar-refractivity contribution in [2.75, 3.05) is 5.43 Å². The minimum absolute atomic E-state index is 0.986. The second kappa shape index (κ2) is 5.36. The summed E-state index contributed by atoms with van der Waals surface area (Å²) in [7, 11) is 0. The molecule has 92 valence electrons. The van der Waals surface area contributed by atoms with E-state index in [1.54, 1.807) is 0 Å². The van der Waals surface area contributed by atoms with E-state index in [1.807, 2.05) is 48.7 Å². The van der Waals surface area contributed by atoms with Gasteiger partial charge in [-0.1, -0.05) is 54.6 Å². The normalized spacial score (nSPS) is 10.9. The van der Waals surface area contributed by atoms with Crippen LogP contribution in [0.3, 0.4) is 0 Å². The smallest absolute Gasteiger partial charge is 0.0561 e. The highest BCUT2D eigenvalue weighted by Crippen LogP contribution is 2.14. The van der Waals surface area contributed by atoms with Gasteiger partial charge in [0.25, 0.3) is 0 Å². The number of rotatable bonds is 3. The van der Waals surface area contributed by atoms with E-state index in [9.17, 15) is 0 Å². The molecule has 0 radical (unpaired) electrons. The lowest BCUT2D eigenvalue weighted by molar-refractivity contribution is 1.35. The molecule has 3 aromatic carbocycles. The highest BCUT2D eigenvalue weighted by atomic mass is 15.3. The van der Waals surface area contributed by atoms with Gasteiger partial charge in [-0.25, -0.2) is 0 Å². The third-order valence-corrected chi connectivity index (χ3v) is 2.95. The molecule has 2 heteroatoms. The lowest BCUT2D eigenvalue weighted by atomic mass is 10.1. The average Bonchev–Trinajstić information content (AvgIpc) is 2.48. The lowest BCUT2D eigenvalue weighted by Gasteiger charge is -2.00. The van der Waals surface area contributed by atoms with Crippen LogP contribution in [0, 0.1) is 0 Å². The van der Waals surface area contributed by atoms with Crippen LogP contribution in [0.25, 0.3) is 10.8 Å². The fraction of sp³-hybridized carbons (Fsp3) is 0. The van der Waals surface area contributed by atoms with Gasteiger partial charge in [0.05, 0.1) is 11.9 Å². The first-order chi connectivity index (χ1) is 9.42. The molecule has 0 amide bonds. The Balaban J connectivity index is 1.78. The number of nitrogens with zero attached hydrogens (tertiary/aromatic N) is 1. The topological polar surface area (TPSA) is 24.4 Å². The molecule has 1 N–H and O–H groups in total. The van der Waals surface area contributed by atoms with Gasteiger partial charge in [0, 0.05) is 0 Å². The number of para-hydroxylation sites is 1. The van der Waals surface area contributed by atoms with Gasteiger partial charge >= 0.3 is 0 Å². The highest BCUT2D eigenvalue weighted by Gasteiger charge is 1.93. The Kier molecular flexibility index (Phi) is 3.24. The Morgan fingerprint density at radius 2 is 1.47 bits per heavy atom. The zero-order valence-electron chi connectivity index (χ0n) is 10.5. The van der Waals surface area contributed by atoms with Crippen LogP contribution < -0.4 is 5.43 Å². The second-order valence-corrected chi connectivity index (χ2v) is 4.34. The van der Waals surface area contributed by atoms with Crippen LogP contribution in [-0.4, -0.2) is 6.21 Å². The highest BCUT2D eigenvalue weighted by molar-refractivity contribution is 5.90. The SMILES string of the molecule is C(=NNc1ccccc1)c1ccc2ccccc2c1. The molecule has 0 atom stereocenters. The molecule has 0 aromatic heterocycles. The Hall–Kier alpha value is -2.61. The zero-order chi connectivity index (χ0) is 12.9. The number of fused-ring (bicyclic) bond motifs is 1. The summed E-state index contributed by atoms with van der Waals surface area (Å²) in [5.41, 5.74) is 5.08. The Labute approximate surface area is 112 Å². The summed E-state index contributed by atoms with van der Waals surface area (Å²) in [6.45, 7) is 0. The predicted octanol–water partition coefficient (Wildman–Crippen LogP) is 4.29. The first-order valence-corrected chi connectivity index (χ1v) is 6.25. The Morgan fingerprint density at radius 3 is 2.32 bits per heavy atom. The van der Waals surface area contributed by atoms with E-state index >= 15 is 0 Å². The standard InChI is InChI=1S/C17H14N2/c1-2-8-17(9-3-1)19-18-13-14-10-11-15-6-4-5-7-16(15)12-14/h1-13,19H. The second-order valence-electron chi connectivity index (χ2n) is 4.34. The number of hydrogen-bond donors (Lipinski definition) is 1. The minimum atomic E-state index is 0.986. The third-order valence-electron chi connectivity index (χ3n) is 2.95. The summed E-state index contributed by atoms with van der Waals surface area (Å²) in [6.07, 6.45) is 1.83. The van der Waals surface area contributed by atoms with Crippen molar-refractivity contribution in [2.24, 2.45) is 5.10 Å². The molecule has 0 saturated heterocycles. The van der Waals surface area contributed by atoms with E-state index in [1.165, 1.54) is 10.8 Å². The summed E-state index contributed by atoms with van der Waals surface area (Å²) >= 11 is 0. The number of hydrazone groups is 1. The molecule has 0 saturated carbocycles. The maximum atomic E-state index is 4.24. The van der Waals surface area contributed by atoms with Crippen molar-refractivity contribution in [3.63, 3.8) is 0 Å². The van der Waals surface area contributed by atoms with Crippen LogP contribution in [0.1, 0.15) is 5.56 Å². The van der Waals surface area contributed by atoms with Gasteiger partial charge in [0.2, 0.25) is 0 Å². The predicted molar refractivity (Wildman–Crippen MR) is 81.6 cm³/mol. The molecule has 0 heterocycles. The molecule has 3 aromatic rings. The molecule has 0 fully saturated rings. The average molecular weight is 246 g/mol. The number of nitrogens with one attached hydrogen (secondary N) is 1. The van der Waals surface area contributed by atoms with Gasteiger partial charge in [-0.3, -0.25) is 5.43 Å². The van der Waals surface area contributed by atoms with Gasteiger partial charge in [-0.15, -0.1) is 0 Å². The van der Waals surface area contributed by atoms with Crippen LogP contribution in [0.2, 0.25) is 0 Å². The first kappa shape index (κ1) is 11.5. The molecule has 19 heavy (non-hydrogen) atoms. The molecular weight excluding hydrogens is 232 g/mol. The van der Waals surface area contributed by atoms with Crippen molar-refractivity contribution in [1.82, 2.24) is 0 Å². The Morgan fingerprint density at radius 1 is 0.737 bits per heavy atom. The quantitative estimate of drug-likeness (QED) is 0.541. The number of anilines is 1. The maximum Gasteiger partial charge on any atom is 0.0561 e. The summed E-state index contributed by atoms with van der Waals surface area (Å²) in [6, 6.07) is 24.5. The zero-order valence-corrected chi connectivity index (χ0v) is 10.5. The molecule has 0 aliphatic heterocycles. The van der Waals surface area contributed by atoms with Crippen LogP contribution in [-0.2, 0) is 0 Å². The van der Waals surface area contributed by atoms with Crippen molar-refractivity contribution in [2.45, 2.75) is 0 Å². The van der Waals surface area contributed by atoms with E-state index in [0.29, 0.717) is 0 Å². The van der Waals surface area contributed by atoms with Crippen molar-refractivity contribution >= 4 is 22.7 Å². The minimum Gasteiger partial charge on any atom is -0.279 e. The van der Waals surface area contributed by atoms with Gasteiger partial charge < -0.3 is 0 Å².